The molecule has 0 spiro atoms. The van der Waals surface area contributed by atoms with Crippen LogP contribution in [0.25, 0.3) is 0 Å². The summed E-state index contributed by atoms with van der Waals surface area (Å²) < 4.78 is 1.88. The fourth-order valence-electron chi connectivity index (χ4n) is 1.74. The highest BCUT2D eigenvalue weighted by atomic mass is 127. The van der Waals surface area contributed by atoms with E-state index in [4.69, 9.17) is 0 Å². The number of hydrogen-bond acceptors (Lipinski definition) is 1. The normalized spacial score (nSPS) is 13.2. The molecule has 1 aromatic rings. The van der Waals surface area contributed by atoms with E-state index in [-0.39, 0.29) is 17.4 Å². The number of alkyl halides is 1. The maximum Gasteiger partial charge on any atom is 0.252 e. The molecule has 0 radical (unpaired) electrons. The van der Waals surface area contributed by atoms with Crippen LogP contribution in [0.5, 0.6) is 0 Å². The van der Waals surface area contributed by atoms with Gasteiger partial charge in [-0.1, -0.05) is 52.6 Å². The van der Waals surface area contributed by atoms with Crippen molar-refractivity contribution in [3.63, 3.8) is 0 Å². The van der Waals surface area contributed by atoms with Crippen LogP contribution in [0.4, 0.5) is 0 Å². The van der Waals surface area contributed by atoms with E-state index in [1.807, 2.05) is 18.2 Å². The fraction of sp³-hybridized carbons (Fsp3) is 0.500. The molecule has 0 bridgehead atoms. The number of hydrogen-bond donors (Lipinski definition) is 1. The third kappa shape index (κ3) is 5.34. The number of carbonyl (C=O) groups is 1. The first-order valence-electron chi connectivity index (χ1n) is 6.07. The van der Waals surface area contributed by atoms with Gasteiger partial charge in [0.15, 0.2) is 0 Å². The van der Waals surface area contributed by atoms with E-state index < -0.39 is 0 Å². The summed E-state index contributed by atoms with van der Waals surface area (Å²) in [5.74, 6) is -0.00780. The number of carbonyl (C=O) groups excluding carboxylic acids is 1. The smallest absolute Gasteiger partial charge is 0.252 e. The van der Waals surface area contributed by atoms with Gasteiger partial charge in [0.05, 0.1) is 5.56 Å². The Morgan fingerprint density at radius 2 is 2.05 bits per heavy atom. The van der Waals surface area contributed by atoms with E-state index in [1.54, 1.807) is 0 Å². The quantitative estimate of drug-likeness (QED) is 0.456. The van der Waals surface area contributed by atoms with Gasteiger partial charge in [0, 0.05) is 19.4 Å². The van der Waals surface area contributed by atoms with Gasteiger partial charge in [0.1, 0.15) is 0 Å². The van der Waals surface area contributed by atoms with Crippen molar-refractivity contribution in [1.29, 1.82) is 0 Å². The molecule has 5 heteroatoms. The van der Waals surface area contributed by atoms with Crippen LogP contribution in [0.15, 0.2) is 22.7 Å². The lowest BCUT2D eigenvalue weighted by atomic mass is 9.85. The van der Waals surface area contributed by atoms with Crippen LogP contribution < -0.4 is 5.32 Å². The van der Waals surface area contributed by atoms with E-state index in [9.17, 15) is 4.79 Å². The molecule has 0 saturated heterocycles. The zero-order valence-electron chi connectivity index (χ0n) is 11.3. The maximum absolute atomic E-state index is 12.4. The molecular formula is C14H18Br2INO. The van der Waals surface area contributed by atoms with Crippen molar-refractivity contribution in [1.82, 2.24) is 5.32 Å². The highest BCUT2D eigenvalue weighted by Gasteiger charge is 2.26. The number of halogens is 3. The van der Waals surface area contributed by atoms with Gasteiger partial charge < -0.3 is 5.32 Å². The highest BCUT2D eigenvalue weighted by Crippen LogP contribution is 2.24. The Bertz CT molecular complexity index is 457. The van der Waals surface area contributed by atoms with Gasteiger partial charge in [-0.05, 0) is 52.6 Å². The number of amides is 1. The molecule has 1 unspecified atom stereocenters. The number of rotatable bonds is 4. The summed E-state index contributed by atoms with van der Waals surface area (Å²) in [5, 5.41) is 4.03. The van der Waals surface area contributed by atoms with Gasteiger partial charge in [-0.15, -0.1) is 0 Å². The van der Waals surface area contributed by atoms with Crippen LogP contribution in [-0.2, 0) is 0 Å². The topological polar surface area (TPSA) is 29.1 Å². The fourth-order valence-corrected chi connectivity index (χ4v) is 3.14. The van der Waals surface area contributed by atoms with Crippen LogP contribution >= 0.6 is 54.5 Å². The largest absolute Gasteiger partial charge is 0.349 e. The zero-order chi connectivity index (χ0) is 14.6. The molecule has 0 aliphatic carbocycles. The minimum atomic E-state index is -0.00780. The van der Waals surface area contributed by atoms with Gasteiger partial charge >= 0.3 is 0 Å². The van der Waals surface area contributed by atoms with E-state index in [2.05, 4.69) is 80.5 Å². The van der Waals surface area contributed by atoms with E-state index >= 15 is 0 Å². The van der Waals surface area contributed by atoms with Crippen LogP contribution in [0.3, 0.4) is 0 Å². The first-order valence-corrected chi connectivity index (χ1v) is 9.07. The van der Waals surface area contributed by atoms with Gasteiger partial charge in [-0.3, -0.25) is 4.79 Å². The van der Waals surface area contributed by atoms with Crippen LogP contribution in [-0.4, -0.2) is 17.3 Å². The van der Waals surface area contributed by atoms with Crippen molar-refractivity contribution in [3.05, 3.63) is 31.8 Å². The molecule has 0 aromatic heterocycles. The SMILES string of the molecule is CC(C)(C)C(CCBr)NC(=O)c1cc(Br)ccc1I. The second-order valence-corrected chi connectivity index (χ2v) is 8.36. The molecule has 19 heavy (non-hydrogen) atoms. The summed E-state index contributed by atoms with van der Waals surface area (Å²) in [6.45, 7) is 6.44. The van der Waals surface area contributed by atoms with Crippen molar-refractivity contribution in [3.8, 4) is 0 Å². The predicted molar refractivity (Wildman–Crippen MR) is 96.0 cm³/mol. The Labute approximate surface area is 145 Å². The minimum Gasteiger partial charge on any atom is -0.349 e. The Hall–Kier alpha value is 0.380. The predicted octanol–water partition coefficient (Wildman–Crippen LogP) is 4.98. The molecule has 0 heterocycles. The Balaban J connectivity index is 2.91. The molecule has 1 amide bonds. The number of nitrogens with one attached hydrogen (secondary N) is 1. The number of benzene rings is 1. The van der Waals surface area contributed by atoms with Crippen molar-refractivity contribution in [2.45, 2.75) is 33.2 Å². The molecule has 0 saturated carbocycles. The van der Waals surface area contributed by atoms with E-state index in [0.717, 1.165) is 25.4 Å². The first kappa shape index (κ1) is 17.4. The van der Waals surface area contributed by atoms with Crippen molar-refractivity contribution in [2.75, 3.05) is 5.33 Å². The Morgan fingerprint density at radius 3 is 2.58 bits per heavy atom. The summed E-state index contributed by atoms with van der Waals surface area (Å²) in [7, 11) is 0. The summed E-state index contributed by atoms with van der Waals surface area (Å²) in [5.41, 5.74) is 0.764. The van der Waals surface area contributed by atoms with Gasteiger partial charge in [0.2, 0.25) is 0 Å². The lowest BCUT2D eigenvalue weighted by Crippen LogP contribution is -2.44. The van der Waals surface area contributed by atoms with Crippen molar-refractivity contribution in [2.24, 2.45) is 5.41 Å². The summed E-state index contributed by atoms with van der Waals surface area (Å²) in [6.07, 6.45) is 0.916. The monoisotopic (exact) mass is 501 g/mol. The summed E-state index contributed by atoms with van der Waals surface area (Å²) >= 11 is 9.06. The Morgan fingerprint density at radius 1 is 1.42 bits per heavy atom. The Kier molecular flexibility index (Phi) is 6.79. The van der Waals surface area contributed by atoms with Gasteiger partial charge in [0.25, 0.3) is 5.91 Å². The maximum atomic E-state index is 12.4. The van der Waals surface area contributed by atoms with Crippen molar-refractivity contribution >= 4 is 60.4 Å². The van der Waals surface area contributed by atoms with Crippen LogP contribution in [0.2, 0.25) is 0 Å². The minimum absolute atomic E-state index is 0.00780. The van der Waals surface area contributed by atoms with E-state index in [0.29, 0.717) is 0 Å². The molecule has 1 N–H and O–H groups in total. The molecule has 1 rings (SSSR count). The molecule has 0 aliphatic rings. The highest BCUT2D eigenvalue weighted by molar-refractivity contribution is 14.1. The lowest BCUT2D eigenvalue weighted by Gasteiger charge is -2.31. The lowest BCUT2D eigenvalue weighted by molar-refractivity contribution is 0.0900. The molecule has 2 nitrogen and oxygen atoms in total. The average molecular weight is 503 g/mol. The summed E-state index contributed by atoms with van der Waals surface area (Å²) in [4.78, 5) is 12.4. The summed E-state index contributed by atoms with van der Waals surface area (Å²) in [6, 6.07) is 5.90. The average Bonchev–Trinajstić information content (AvgIpc) is 2.30. The molecular weight excluding hydrogens is 485 g/mol. The van der Waals surface area contributed by atoms with Gasteiger partial charge in [-0.25, -0.2) is 0 Å². The molecule has 1 aromatic carbocycles. The second kappa shape index (κ2) is 7.41. The van der Waals surface area contributed by atoms with E-state index in [1.165, 1.54) is 0 Å². The van der Waals surface area contributed by atoms with Gasteiger partial charge in [-0.2, -0.15) is 0 Å². The van der Waals surface area contributed by atoms with Crippen LogP contribution in [0.1, 0.15) is 37.6 Å². The first-order chi connectivity index (χ1) is 8.75. The molecule has 106 valence electrons. The molecule has 0 aliphatic heterocycles. The standard InChI is InChI=1S/C14H18Br2INO/c1-14(2,3)12(6-7-15)18-13(19)10-8-9(16)4-5-11(10)17/h4-5,8,12H,6-7H2,1-3H3,(H,18,19). The van der Waals surface area contributed by atoms with Crippen LogP contribution in [0, 0.1) is 8.99 Å². The second-order valence-electron chi connectivity index (χ2n) is 5.49. The molecule has 0 fully saturated rings. The molecule has 1 atom stereocenters. The zero-order valence-corrected chi connectivity index (χ0v) is 16.6. The third-order valence-corrected chi connectivity index (χ3v) is 4.81. The van der Waals surface area contributed by atoms with Crippen molar-refractivity contribution < 1.29 is 4.79 Å². The third-order valence-electron chi connectivity index (χ3n) is 2.92.